The van der Waals surface area contributed by atoms with E-state index in [0.717, 1.165) is 18.0 Å². The molecule has 1 fully saturated rings. The molecule has 1 N–H and O–H groups in total. The van der Waals surface area contributed by atoms with Gasteiger partial charge in [0.2, 0.25) is 0 Å². The Morgan fingerprint density at radius 2 is 2.15 bits per heavy atom. The van der Waals surface area contributed by atoms with E-state index in [9.17, 15) is 4.79 Å². The maximum Gasteiger partial charge on any atom is 0.255 e. The maximum atomic E-state index is 12.6. The number of carbonyl (C=O) groups excluding carboxylic acids is 1. The lowest BCUT2D eigenvalue weighted by molar-refractivity contribution is 0.0603. The van der Waals surface area contributed by atoms with Gasteiger partial charge in [0.15, 0.2) is 0 Å². The van der Waals surface area contributed by atoms with Crippen molar-refractivity contribution in [2.75, 3.05) is 19.3 Å². The highest BCUT2D eigenvalue weighted by molar-refractivity contribution is 7.98. The molecule has 1 saturated heterocycles. The van der Waals surface area contributed by atoms with Gasteiger partial charge in [0.1, 0.15) is 0 Å². The number of hydrogen-bond donors (Lipinski definition) is 1. The van der Waals surface area contributed by atoms with Crippen LogP contribution in [0.25, 0.3) is 0 Å². The summed E-state index contributed by atoms with van der Waals surface area (Å²) in [5.41, 5.74) is 0.606. The Bertz CT molecular complexity index is 484. The van der Waals surface area contributed by atoms with Crippen LogP contribution in [0.1, 0.15) is 24.2 Å². The molecule has 1 aromatic carbocycles. The zero-order valence-corrected chi connectivity index (χ0v) is 14.2. The molecule has 0 aromatic heterocycles. The highest BCUT2D eigenvalue weighted by Gasteiger charge is 2.29. The fourth-order valence-electron chi connectivity index (χ4n) is 2.29. The second kappa shape index (κ2) is 7.55. The Balaban J connectivity index is 0.00000200. The highest BCUT2D eigenvalue weighted by atomic mass is 35.5. The fraction of sp³-hybridized carbons (Fsp3) is 0.500. The summed E-state index contributed by atoms with van der Waals surface area (Å²) in [6, 6.07) is 6.11. The molecule has 20 heavy (non-hydrogen) atoms. The van der Waals surface area contributed by atoms with Crippen LogP contribution in [0.4, 0.5) is 0 Å². The minimum atomic E-state index is 0. The number of carbonyl (C=O) groups is 1. The van der Waals surface area contributed by atoms with Crippen molar-refractivity contribution < 1.29 is 4.79 Å². The van der Waals surface area contributed by atoms with Gasteiger partial charge >= 0.3 is 0 Å². The SMILES string of the molecule is CSc1ccc(Cl)c(C(=O)N2CCNC(C)C2C)c1.Cl. The molecule has 0 aliphatic carbocycles. The minimum absolute atomic E-state index is 0. The van der Waals surface area contributed by atoms with Gasteiger partial charge in [-0.25, -0.2) is 0 Å². The molecule has 1 aliphatic rings. The summed E-state index contributed by atoms with van der Waals surface area (Å²) >= 11 is 7.79. The van der Waals surface area contributed by atoms with E-state index in [1.165, 1.54) is 0 Å². The fourth-order valence-corrected chi connectivity index (χ4v) is 2.93. The molecule has 0 radical (unpaired) electrons. The number of nitrogens with one attached hydrogen (secondary N) is 1. The van der Waals surface area contributed by atoms with Crippen molar-refractivity contribution in [2.45, 2.75) is 30.8 Å². The number of halogens is 2. The average molecular weight is 335 g/mol. The Morgan fingerprint density at radius 1 is 1.45 bits per heavy atom. The van der Waals surface area contributed by atoms with Gasteiger partial charge in [-0.15, -0.1) is 24.2 Å². The van der Waals surface area contributed by atoms with Crippen molar-refractivity contribution in [1.82, 2.24) is 10.2 Å². The van der Waals surface area contributed by atoms with E-state index in [1.54, 1.807) is 17.8 Å². The second-order valence-corrected chi connectivity index (χ2v) is 6.11. The smallest absolute Gasteiger partial charge is 0.255 e. The molecule has 0 saturated carbocycles. The van der Waals surface area contributed by atoms with Crippen LogP contribution in [0.15, 0.2) is 23.1 Å². The highest BCUT2D eigenvalue weighted by Crippen LogP contribution is 2.25. The molecule has 1 aromatic rings. The van der Waals surface area contributed by atoms with Crippen LogP contribution in [-0.2, 0) is 0 Å². The van der Waals surface area contributed by atoms with Gasteiger partial charge in [-0.05, 0) is 38.3 Å². The first-order valence-electron chi connectivity index (χ1n) is 6.42. The van der Waals surface area contributed by atoms with E-state index in [0.29, 0.717) is 16.6 Å². The van der Waals surface area contributed by atoms with Crippen molar-refractivity contribution in [1.29, 1.82) is 0 Å². The quantitative estimate of drug-likeness (QED) is 0.842. The largest absolute Gasteiger partial charge is 0.333 e. The van der Waals surface area contributed by atoms with Crippen LogP contribution in [0.2, 0.25) is 5.02 Å². The molecular weight excluding hydrogens is 315 g/mol. The third kappa shape index (κ3) is 3.61. The van der Waals surface area contributed by atoms with E-state index in [2.05, 4.69) is 19.2 Å². The molecule has 2 rings (SSSR count). The number of benzene rings is 1. The van der Waals surface area contributed by atoms with Crippen molar-refractivity contribution in [3.8, 4) is 0 Å². The van der Waals surface area contributed by atoms with Gasteiger partial charge in [-0.3, -0.25) is 4.79 Å². The first-order valence-corrected chi connectivity index (χ1v) is 8.02. The summed E-state index contributed by atoms with van der Waals surface area (Å²) in [6.45, 7) is 5.73. The first kappa shape index (κ1) is 17.6. The maximum absolute atomic E-state index is 12.6. The van der Waals surface area contributed by atoms with Crippen molar-refractivity contribution in [3.63, 3.8) is 0 Å². The standard InChI is InChI=1S/C14H19ClN2OS.ClH/c1-9-10(2)17(7-6-16-9)14(18)12-8-11(19-3)4-5-13(12)15;/h4-5,8-10,16H,6-7H2,1-3H3;1H. The second-order valence-electron chi connectivity index (χ2n) is 4.83. The van der Waals surface area contributed by atoms with Gasteiger partial charge in [-0.2, -0.15) is 0 Å². The molecule has 2 unspecified atom stereocenters. The van der Waals surface area contributed by atoms with Crippen molar-refractivity contribution in [2.24, 2.45) is 0 Å². The van der Waals surface area contributed by atoms with E-state index in [4.69, 9.17) is 11.6 Å². The number of hydrogen-bond acceptors (Lipinski definition) is 3. The Kier molecular flexibility index (Phi) is 6.65. The molecule has 2 atom stereocenters. The molecule has 1 amide bonds. The Morgan fingerprint density at radius 3 is 2.80 bits per heavy atom. The van der Waals surface area contributed by atoms with Crippen molar-refractivity contribution in [3.05, 3.63) is 28.8 Å². The molecule has 112 valence electrons. The summed E-state index contributed by atoms with van der Waals surface area (Å²) in [7, 11) is 0. The van der Waals surface area contributed by atoms with Gasteiger partial charge in [0, 0.05) is 30.1 Å². The summed E-state index contributed by atoms with van der Waals surface area (Å²) in [4.78, 5) is 15.6. The van der Waals surface area contributed by atoms with E-state index < -0.39 is 0 Å². The van der Waals surface area contributed by atoms with Crippen molar-refractivity contribution >= 4 is 41.7 Å². The number of rotatable bonds is 2. The van der Waals surface area contributed by atoms with E-state index >= 15 is 0 Å². The molecule has 3 nitrogen and oxygen atoms in total. The number of thioether (sulfide) groups is 1. The van der Waals surface area contributed by atoms with Gasteiger partial charge in [0.25, 0.3) is 5.91 Å². The van der Waals surface area contributed by atoms with Crippen LogP contribution in [-0.4, -0.2) is 42.2 Å². The van der Waals surface area contributed by atoms with Gasteiger partial charge in [0.05, 0.1) is 10.6 Å². The van der Waals surface area contributed by atoms with Crippen LogP contribution in [0.3, 0.4) is 0 Å². The number of piperazine rings is 1. The Hall–Kier alpha value is -0.420. The third-order valence-corrected chi connectivity index (χ3v) is 4.75. The zero-order valence-electron chi connectivity index (χ0n) is 11.9. The lowest BCUT2D eigenvalue weighted by Crippen LogP contribution is -2.57. The lowest BCUT2D eigenvalue weighted by Gasteiger charge is -2.38. The monoisotopic (exact) mass is 334 g/mol. The summed E-state index contributed by atoms with van der Waals surface area (Å²) in [6.07, 6.45) is 1.99. The first-order chi connectivity index (χ1) is 9.04. The van der Waals surface area contributed by atoms with E-state index in [1.807, 2.05) is 23.3 Å². The summed E-state index contributed by atoms with van der Waals surface area (Å²) in [5.74, 6) is 0.0294. The van der Waals surface area contributed by atoms with Crippen LogP contribution in [0, 0.1) is 0 Å². The van der Waals surface area contributed by atoms with Gasteiger partial charge < -0.3 is 10.2 Å². The van der Waals surface area contributed by atoms with Gasteiger partial charge in [-0.1, -0.05) is 11.6 Å². The van der Waals surface area contributed by atoms with E-state index in [-0.39, 0.29) is 24.4 Å². The predicted molar refractivity (Wildman–Crippen MR) is 88.4 cm³/mol. The molecule has 6 heteroatoms. The molecule has 0 spiro atoms. The third-order valence-electron chi connectivity index (χ3n) is 3.70. The lowest BCUT2D eigenvalue weighted by atomic mass is 10.1. The summed E-state index contributed by atoms with van der Waals surface area (Å²) in [5, 5.41) is 3.90. The molecule has 0 bridgehead atoms. The van der Waals surface area contributed by atoms with Crippen LogP contribution >= 0.6 is 35.8 Å². The van der Waals surface area contributed by atoms with Crippen LogP contribution < -0.4 is 5.32 Å². The predicted octanol–water partition coefficient (Wildman–Crippen LogP) is 3.31. The van der Waals surface area contributed by atoms with Crippen LogP contribution in [0.5, 0.6) is 0 Å². The normalized spacial score (nSPS) is 22.3. The Labute approximate surface area is 135 Å². The molecule has 1 aliphatic heterocycles. The minimum Gasteiger partial charge on any atom is -0.333 e. The number of nitrogens with zero attached hydrogens (tertiary/aromatic N) is 1. The molecule has 1 heterocycles. The summed E-state index contributed by atoms with van der Waals surface area (Å²) < 4.78 is 0. The molecular formula is C14H20Cl2N2OS. The zero-order chi connectivity index (χ0) is 14.0. The average Bonchev–Trinajstić information content (AvgIpc) is 2.42. The topological polar surface area (TPSA) is 32.3 Å². The number of amides is 1.